The van der Waals surface area contributed by atoms with Gasteiger partial charge >= 0.3 is 0 Å². The van der Waals surface area contributed by atoms with Gasteiger partial charge in [-0.3, -0.25) is 0 Å². The molecular formula is C15H19N5O. The van der Waals surface area contributed by atoms with Crippen LogP contribution in [0.5, 0.6) is 5.75 Å². The van der Waals surface area contributed by atoms with Crippen molar-refractivity contribution in [1.29, 1.82) is 0 Å². The molecule has 2 aromatic rings. The fourth-order valence-electron chi connectivity index (χ4n) is 2.00. The van der Waals surface area contributed by atoms with Gasteiger partial charge in [-0.2, -0.15) is 10.1 Å². The van der Waals surface area contributed by atoms with E-state index in [-0.39, 0.29) is 0 Å². The molecular weight excluding hydrogens is 266 g/mol. The normalized spacial score (nSPS) is 13.8. The Bertz CT molecular complexity index is 583. The van der Waals surface area contributed by atoms with Gasteiger partial charge in [0.15, 0.2) is 5.82 Å². The van der Waals surface area contributed by atoms with Crippen LogP contribution >= 0.6 is 0 Å². The highest BCUT2D eigenvalue weighted by Crippen LogP contribution is 2.23. The molecule has 6 heteroatoms. The van der Waals surface area contributed by atoms with E-state index in [0.29, 0.717) is 12.0 Å². The molecule has 0 amide bonds. The van der Waals surface area contributed by atoms with Crippen LogP contribution in [0.25, 0.3) is 0 Å². The minimum absolute atomic E-state index is 0.564. The summed E-state index contributed by atoms with van der Waals surface area (Å²) in [7, 11) is 1.67. The van der Waals surface area contributed by atoms with Crippen molar-refractivity contribution < 1.29 is 4.74 Å². The average molecular weight is 285 g/mol. The number of anilines is 2. The number of ether oxygens (including phenoxy) is 1. The van der Waals surface area contributed by atoms with Gasteiger partial charge in [-0.15, -0.1) is 5.10 Å². The fraction of sp³-hybridized carbons (Fsp3) is 0.400. The van der Waals surface area contributed by atoms with Gasteiger partial charge in [-0.1, -0.05) is 12.1 Å². The Balaban J connectivity index is 1.49. The Hall–Kier alpha value is -2.37. The molecule has 2 N–H and O–H groups in total. The Labute approximate surface area is 124 Å². The molecule has 21 heavy (non-hydrogen) atoms. The highest BCUT2D eigenvalue weighted by molar-refractivity contribution is 5.39. The van der Waals surface area contributed by atoms with Crippen LogP contribution in [0.1, 0.15) is 18.4 Å². The maximum Gasteiger partial charge on any atom is 0.244 e. The molecule has 0 aliphatic heterocycles. The second-order valence-electron chi connectivity index (χ2n) is 5.11. The van der Waals surface area contributed by atoms with Gasteiger partial charge in [-0.25, -0.2) is 0 Å². The van der Waals surface area contributed by atoms with Crippen molar-refractivity contribution in [2.45, 2.75) is 25.3 Å². The summed E-state index contributed by atoms with van der Waals surface area (Å²) >= 11 is 0. The van der Waals surface area contributed by atoms with E-state index >= 15 is 0 Å². The first-order chi connectivity index (χ1) is 10.3. The van der Waals surface area contributed by atoms with Gasteiger partial charge in [0.05, 0.1) is 13.3 Å². The molecule has 1 saturated carbocycles. The van der Waals surface area contributed by atoms with Crippen LogP contribution in [0, 0.1) is 0 Å². The standard InChI is InChI=1S/C15H19N5O/c1-21-13-6-2-11(3-7-13)8-9-16-15-19-14(10-17-20-15)18-12-4-5-12/h2-3,6-7,10,12H,4-5,8-9H2,1H3,(H2,16,18,19,20). The molecule has 3 rings (SSSR count). The number of aromatic nitrogens is 3. The van der Waals surface area contributed by atoms with Crippen molar-refractivity contribution in [3.05, 3.63) is 36.0 Å². The fourth-order valence-corrected chi connectivity index (χ4v) is 2.00. The molecule has 1 aliphatic rings. The van der Waals surface area contributed by atoms with E-state index in [1.54, 1.807) is 13.3 Å². The van der Waals surface area contributed by atoms with Gasteiger partial charge in [0.1, 0.15) is 5.75 Å². The molecule has 1 heterocycles. The van der Waals surface area contributed by atoms with E-state index in [1.165, 1.54) is 18.4 Å². The predicted octanol–water partition coefficient (Wildman–Crippen LogP) is 2.11. The van der Waals surface area contributed by atoms with E-state index in [9.17, 15) is 0 Å². The Morgan fingerprint density at radius 3 is 2.76 bits per heavy atom. The van der Waals surface area contributed by atoms with Crippen molar-refractivity contribution in [2.24, 2.45) is 0 Å². The molecule has 0 radical (unpaired) electrons. The maximum atomic E-state index is 5.14. The SMILES string of the molecule is COc1ccc(CCNc2nncc(NC3CC3)n2)cc1. The summed E-state index contributed by atoms with van der Waals surface area (Å²) < 4.78 is 5.14. The molecule has 1 aromatic carbocycles. The third kappa shape index (κ3) is 4.05. The van der Waals surface area contributed by atoms with Crippen LogP contribution in [0.15, 0.2) is 30.5 Å². The predicted molar refractivity (Wildman–Crippen MR) is 81.7 cm³/mol. The Kier molecular flexibility index (Phi) is 4.14. The van der Waals surface area contributed by atoms with Crippen LogP contribution in [-0.2, 0) is 6.42 Å². The van der Waals surface area contributed by atoms with Gasteiger partial charge in [0, 0.05) is 12.6 Å². The molecule has 0 atom stereocenters. The molecule has 1 aliphatic carbocycles. The van der Waals surface area contributed by atoms with E-state index in [0.717, 1.165) is 24.5 Å². The smallest absolute Gasteiger partial charge is 0.244 e. The number of hydrogen-bond donors (Lipinski definition) is 2. The first kappa shape index (κ1) is 13.6. The van der Waals surface area contributed by atoms with Crippen LogP contribution < -0.4 is 15.4 Å². The van der Waals surface area contributed by atoms with Crippen LogP contribution in [0.2, 0.25) is 0 Å². The monoisotopic (exact) mass is 285 g/mol. The number of hydrogen-bond acceptors (Lipinski definition) is 6. The lowest BCUT2D eigenvalue weighted by Gasteiger charge is -2.07. The van der Waals surface area contributed by atoms with Crippen molar-refractivity contribution in [1.82, 2.24) is 15.2 Å². The van der Waals surface area contributed by atoms with Crippen molar-refractivity contribution in [2.75, 3.05) is 24.3 Å². The first-order valence-electron chi connectivity index (χ1n) is 7.16. The molecule has 110 valence electrons. The lowest BCUT2D eigenvalue weighted by Crippen LogP contribution is -2.11. The Morgan fingerprint density at radius 1 is 1.24 bits per heavy atom. The van der Waals surface area contributed by atoms with Gasteiger partial charge in [0.25, 0.3) is 0 Å². The molecule has 0 saturated heterocycles. The number of methoxy groups -OCH3 is 1. The second kappa shape index (κ2) is 6.39. The maximum absolute atomic E-state index is 5.14. The molecule has 1 fully saturated rings. The van der Waals surface area contributed by atoms with E-state index in [2.05, 4.69) is 37.9 Å². The topological polar surface area (TPSA) is 72.0 Å². The molecule has 0 bridgehead atoms. The van der Waals surface area contributed by atoms with Crippen LogP contribution in [0.4, 0.5) is 11.8 Å². The zero-order chi connectivity index (χ0) is 14.5. The zero-order valence-corrected chi connectivity index (χ0v) is 12.0. The summed E-state index contributed by atoms with van der Waals surface area (Å²) in [6.45, 7) is 0.765. The minimum atomic E-state index is 0.564. The summed E-state index contributed by atoms with van der Waals surface area (Å²) in [5.74, 6) is 2.23. The average Bonchev–Trinajstić information content (AvgIpc) is 3.32. The zero-order valence-electron chi connectivity index (χ0n) is 12.0. The lowest BCUT2D eigenvalue weighted by molar-refractivity contribution is 0.414. The Morgan fingerprint density at radius 2 is 2.05 bits per heavy atom. The minimum Gasteiger partial charge on any atom is -0.497 e. The first-order valence-corrected chi connectivity index (χ1v) is 7.16. The summed E-state index contributed by atoms with van der Waals surface area (Å²) in [5.41, 5.74) is 1.24. The van der Waals surface area contributed by atoms with E-state index < -0.39 is 0 Å². The van der Waals surface area contributed by atoms with Gasteiger partial charge in [-0.05, 0) is 37.0 Å². The van der Waals surface area contributed by atoms with Crippen molar-refractivity contribution >= 4 is 11.8 Å². The van der Waals surface area contributed by atoms with Crippen molar-refractivity contribution in [3.63, 3.8) is 0 Å². The van der Waals surface area contributed by atoms with E-state index in [4.69, 9.17) is 4.74 Å². The number of nitrogens with zero attached hydrogens (tertiary/aromatic N) is 3. The number of benzene rings is 1. The third-order valence-electron chi connectivity index (χ3n) is 3.34. The molecule has 1 aromatic heterocycles. The number of rotatable bonds is 7. The summed E-state index contributed by atoms with van der Waals surface area (Å²) in [6, 6.07) is 8.62. The van der Waals surface area contributed by atoms with Gasteiger partial charge < -0.3 is 15.4 Å². The molecule has 0 unspecified atom stereocenters. The summed E-state index contributed by atoms with van der Waals surface area (Å²) in [4.78, 5) is 4.40. The highest BCUT2D eigenvalue weighted by Gasteiger charge is 2.21. The second-order valence-corrected chi connectivity index (χ2v) is 5.11. The number of nitrogens with one attached hydrogen (secondary N) is 2. The third-order valence-corrected chi connectivity index (χ3v) is 3.34. The highest BCUT2D eigenvalue weighted by atomic mass is 16.5. The van der Waals surface area contributed by atoms with Crippen molar-refractivity contribution in [3.8, 4) is 5.75 Å². The molecule has 0 spiro atoms. The summed E-state index contributed by atoms with van der Waals surface area (Å²) in [6.07, 6.45) is 4.98. The summed E-state index contributed by atoms with van der Waals surface area (Å²) in [5, 5.41) is 14.5. The largest absolute Gasteiger partial charge is 0.497 e. The molecule has 6 nitrogen and oxygen atoms in total. The van der Waals surface area contributed by atoms with Crippen LogP contribution in [-0.4, -0.2) is 34.9 Å². The van der Waals surface area contributed by atoms with Crippen LogP contribution in [0.3, 0.4) is 0 Å². The lowest BCUT2D eigenvalue weighted by atomic mass is 10.1. The van der Waals surface area contributed by atoms with Gasteiger partial charge in [0.2, 0.25) is 5.95 Å². The van der Waals surface area contributed by atoms with E-state index in [1.807, 2.05) is 12.1 Å². The quantitative estimate of drug-likeness (QED) is 0.812.